The Kier molecular flexibility index (Phi) is 5.15. The number of fused-ring (bicyclic) bond motifs is 1. The number of amides is 1. The molecular weight excluding hydrogens is 404 g/mol. The minimum absolute atomic E-state index is 0.0446. The molecule has 0 fully saturated rings. The largest absolute Gasteiger partial charge is 0.457 e. The third-order valence-electron chi connectivity index (χ3n) is 4.81. The molecule has 2 heterocycles. The molecule has 0 N–H and O–H groups in total. The Labute approximate surface area is 168 Å². The van der Waals surface area contributed by atoms with Gasteiger partial charge in [-0.15, -0.1) is 10.2 Å². The van der Waals surface area contributed by atoms with Crippen LogP contribution in [0.2, 0.25) is 0 Å². The van der Waals surface area contributed by atoms with Crippen LogP contribution in [0.1, 0.15) is 16.7 Å². The molecule has 0 atom stereocenters. The molecule has 30 heavy (non-hydrogen) atoms. The zero-order valence-corrected chi connectivity index (χ0v) is 15.6. The molecule has 4 rings (SSSR count). The first-order chi connectivity index (χ1) is 14.3. The minimum atomic E-state index is -4.77. The van der Waals surface area contributed by atoms with E-state index in [1.807, 2.05) is 6.07 Å². The highest BCUT2D eigenvalue weighted by molar-refractivity contribution is 5.76. The number of hydrogen-bond acceptors (Lipinski definition) is 4. The first-order valence-electron chi connectivity index (χ1n) is 9.06. The molecule has 0 saturated heterocycles. The van der Waals surface area contributed by atoms with E-state index < -0.39 is 17.6 Å². The molecule has 0 spiro atoms. The van der Waals surface area contributed by atoms with Crippen LogP contribution in [0, 0.1) is 5.82 Å². The highest BCUT2D eigenvalue weighted by atomic mass is 19.4. The monoisotopic (exact) mass is 420 g/mol. The average Bonchev–Trinajstić information content (AvgIpc) is 3.19. The summed E-state index contributed by atoms with van der Waals surface area (Å²) in [4.78, 5) is 14.2. The number of ether oxygens (including phenoxy) is 1. The van der Waals surface area contributed by atoms with Crippen molar-refractivity contribution in [3.63, 3.8) is 0 Å². The van der Waals surface area contributed by atoms with Crippen molar-refractivity contribution in [2.45, 2.75) is 25.7 Å². The molecule has 1 aliphatic rings. The summed E-state index contributed by atoms with van der Waals surface area (Å²) in [6.45, 7) is 1.07. The molecule has 0 radical (unpaired) electrons. The van der Waals surface area contributed by atoms with E-state index in [2.05, 4.69) is 10.2 Å². The molecule has 2 aromatic carbocycles. The molecule has 1 aromatic heterocycles. The Bertz CT molecular complexity index is 1070. The fraction of sp³-hybridized carbons (Fsp3) is 0.250. The van der Waals surface area contributed by atoms with Crippen LogP contribution in [-0.2, 0) is 30.5 Å². The second-order valence-electron chi connectivity index (χ2n) is 6.87. The molecule has 1 aliphatic heterocycles. The average molecular weight is 420 g/mol. The first kappa shape index (κ1) is 19.9. The first-order valence-corrected chi connectivity index (χ1v) is 9.06. The van der Waals surface area contributed by atoms with Gasteiger partial charge in [0.15, 0.2) is 0 Å². The summed E-state index contributed by atoms with van der Waals surface area (Å²) < 4.78 is 59.0. The summed E-state index contributed by atoms with van der Waals surface area (Å²) in [6, 6.07) is 7.64. The smallest absolute Gasteiger partial charge is 0.419 e. The Morgan fingerprint density at radius 1 is 1.03 bits per heavy atom. The summed E-state index contributed by atoms with van der Waals surface area (Å²) in [6.07, 6.45) is -1.18. The lowest BCUT2D eigenvalue weighted by Gasteiger charge is -2.29. The summed E-state index contributed by atoms with van der Waals surface area (Å²) in [5.41, 5.74) is 0.570. The van der Waals surface area contributed by atoms with Crippen molar-refractivity contribution >= 4 is 5.91 Å². The fourth-order valence-corrected chi connectivity index (χ4v) is 3.30. The molecular formula is C20H16F4N4O2. The van der Waals surface area contributed by atoms with Crippen LogP contribution in [0.25, 0.3) is 0 Å². The zero-order chi connectivity index (χ0) is 21.3. The third kappa shape index (κ3) is 4.27. The maximum Gasteiger partial charge on any atom is 0.419 e. The van der Waals surface area contributed by atoms with Crippen molar-refractivity contribution in [3.05, 3.63) is 71.6 Å². The van der Waals surface area contributed by atoms with Gasteiger partial charge < -0.3 is 14.2 Å². The second kappa shape index (κ2) is 7.77. The van der Waals surface area contributed by atoms with Crippen LogP contribution in [0.5, 0.6) is 11.5 Å². The van der Waals surface area contributed by atoms with Crippen molar-refractivity contribution in [1.82, 2.24) is 19.7 Å². The zero-order valence-electron chi connectivity index (χ0n) is 15.6. The minimum Gasteiger partial charge on any atom is -0.457 e. The SMILES string of the molecule is O=C(Cn1cnnc1)N1CCc2ccc(Oc3ccc(C(F)(F)F)c(F)c3)cc2C1. The van der Waals surface area contributed by atoms with Crippen LogP contribution >= 0.6 is 0 Å². The van der Waals surface area contributed by atoms with Crippen LogP contribution < -0.4 is 4.74 Å². The molecule has 156 valence electrons. The number of carbonyl (C=O) groups is 1. The Hall–Kier alpha value is -3.43. The summed E-state index contributed by atoms with van der Waals surface area (Å²) in [7, 11) is 0. The second-order valence-corrected chi connectivity index (χ2v) is 6.87. The van der Waals surface area contributed by atoms with Gasteiger partial charge in [-0.3, -0.25) is 4.79 Å². The van der Waals surface area contributed by atoms with E-state index in [1.54, 1.807) is 21.6 Å². The van der Waals surface area contributed by atoms with E-state index in [0.717, 1.165) is 17.2 Å². The van der Waals surface area contributed by atoms with Crippen molar-refractivity contribution in [1.29, 1.82) is 0 Å². The highest BCUT2D eigenvalue weighted by Gasteiger charge is 2.34. The normalized spacial score (nSPS) is 13.8. The van der Waals surface area contributed by atoms with Crippen LogP contribution in [0.4, 0.5) is 17.6 Å². The Balaban J connectivity index is 1.48. The topological polar surface area (TPSA) is 60.2 Å². The van der Waals surface area contributed by atoms with Gasteiger partial charge in [-0.2, -0.15) is 13.2 Å². The number of alkyl halides is 3. The molecule has 0 aliphatic carbocycles. The van der Waals surface area contributed by atoms with E-state index in [9.17, 15) is 22.4 Å². The van der Waals surface area contributed by atoms with Crippen LogP contribution in [0.15, 0.2) is 49.1 Å². The molecule has 10 heteroatoms. The van der Waals surface area contributed by atoms with E-state index in [4.69, 9.17) is 4.74 Å². The summed E-state index contributed by atoms with van der Waals surface area (Å²) in [5, 5.41) is 7.34. The quantitative estimate of drug-likeness (QED) is 0.603. The van der Waals surface area contributed by atoms with Crippen LogP contribution in [0.3, 0.4) is 0 Å². The van der Waals surface area contributed by atoms with Crippen molar-refractivity contribution in [2.75, 3.05) is 6.54 Å². The van der Waals surface area contributed by atoms with Gasteiger partial charge >= 0.3 is 6.18 Å². The molecule has 3 aromatic rings. The van der Waals surface area contributed by atoms with Gasteiger partial charge in [0.1, 0.15) is 36.5 Å². The predicted molar refractivity (Wildman–Crippen MR) is 97.1 cm³/mol. The van der Waals surface area contributed by atoms with E-state index in [0.29, 0.717) is 37.4 Å². The summed E-state index contributed by atoms with van der Waals surface area (Å²) >= 11 is 0. The number of hydrogen-bond donors (Lipinski definition) is 0. The van der Waals surface area contributed by atoms with Gasteiger partial charge in [0.05, 0.1) is 5.56 Å². The fourth-order valence-electron chi connectivity index (χ4n) is 3.30. The molecule has 6 nitrogen and oxygen atoms in total. The number of rotatable bonds is 4. The third-order valence-corrected chi connectivity index (χ3v) is 4.81. The number of aromatic nitrogens is 3. The lowest BCUT2D eigenvalue weighted by atomic mass is 9.99. The summed E-state index contributed by atoms with van der Waals surface area (Å²) in [5.74, 6) is -1.18. The Morgan fingerprint density at radius 3 is 2.43 bits per heavy atom. The van der Waals surface area contributed by atoms with Gasteiger partial charge in [0.25, 0.3) is 0 Å². The van der Waals surface area contributed by atoms with Crippen LogP contribution in [-0.4, -0.2) is 32.1 Å². The maximum atomic E-state index is 13.8. The molecule has 1 amide bonds. The number of nitrogens with zero attached hydrogens (tertiary/aromatic N) is 4. The highest BCUT2D eigenvalue weighted by Crippen LogP contribution is 2.34. The van der Waals surface area contributed by atoms with E-state index in [-0.39, 0.29) is 18.2 Å². The lowest BCUT2D eigenvalue weighted by molar-refractivity contribution is -0.140. The molecule has 0 bridgehead atoms. The molecule has 0 unspecified atom stereocenters. The van der Waals surface area contributed by atoms with Crippen molar-refractivity contribution in [3.8, 4) is 11.5 Å². The van der Waals surface area contributed by atoms with Gasteiger partial charge in [-0.05, 0) is 41.8 Å². The molecule has 0 saturated carbocycles. The predicted octanol–water partition coefficient (Wildman–Crippen LogP) is 3.81. The maximum absolute atomic E-state index is 13.8. The van der Waals surface area contributed by atoms with Gasteiger partial charge in [0.2, 0.25) is 5.91 Å². The van der Waals surface area contributed by atoms with E-state index in [1.165, 1.54) is 12.7 Å². The number of halogens is 4. The van der Waals surface area contributed by atoms with Gasteiger partial charge in [0, 0.05) is 19.2 Å². The number of carbonyl (C=O) groups excluding carboxylic acids is 1. The van der Waals surface area contributed by atoms with Crippen molar-refractivity contribution < 1.29 is 27.1 Å². The Morgan fingerprint density at radius 2 is 1.73 bits per heavy atom. The number of benzene rings is 2. The van der Waals surface area contributed by atoms with Gasteiger partial charge in [-0.1, -0.05) is 6.07 Å². The lowest BCUT2D eigenvalue weighted by Crippen LogP contribution is -2.37. The van der Waals surface area contributed by atoms with Crippen molar-refractivity contribution in [2.24, 2.45) is 0 Å². The van der Waals surface area contributed by atoms with E-state index >= 15 is 0 Å². The van der Waals surface area contributed by atoms with Gasteiger partial charge in [-0.25, -0.2) is 4.39 Å². The standard InChI is InChI=1S/C20H16F4N4O2/c21-18-8-16(3-4-17(18)20(22,23)24)30-15-2-1-13-5-6-28(9-14(13)7-15)19(29)10-27-11-25-26-12-27/h1-4,7-8,11-12H,5-6,9-10H2.